The Morgan fingerprint density at radius 1 is 1.24 bits per heavy atom. The van der Waals surface area contributed by atoms with Gasteiger partial charge >= 0.3 is 5.97 Å². The van der Waals surface area contributed by atoms with E-state index in [1.165, 1.54) is 25.3 Å². The Morgan fingerprint density at radius 2 is 1.97 bits per heavy atom. The zero-order chi connectivity index (χ0) is 27.8. The van der Waals surface area contributed by atoms with E-state index in [1.807, 2.05) is 0 Å². The van der Waals surface area contributed by atoms with Crippen LogP contribution in [0.4, 0.5) is 4.39 Å². The van der Waals surface area contributed by atoms with Gasteiger partial charge in [-0.3, -0.25) is 19.2 Å². The summed E-state index contributed by atoms with van der Waals surface area (Å²) < 4.78 is 30.4. The van der Waals surface area contributed by atoms with Crippen LogP contribution in [0.5, 0.6) is 5.75 Å². The average molecular weight is 534 g/mol. The Labute approximate surface area is 221 Å². The predicted molar refractivity (Wildman–Crippen MR) is 133 cm³/mol. The molecule has 2 aliphatic heterocycles. The number of fused-ring (bicyclic) bond motifs is 2. The van der Waals surface area contributed by atoms with Crippen LogP contribution < -0.4 is 15.4 Å². The standard InChI is InChI=1S/C27H36FN3O7/c1-6-37-26-17(13-19(32)38-26)29-24(34)21-14-10-11-15(12-14)31(21)25(35)22(27(2,3)4)30-23(33)16-8-7-9-18(36-5)20(16)28/h7-9,14-15,17,21-22,26H,6,10-13H2,1-5H3,(H,29,34)(H,30,33)/t14-,15?,17?,21?,22+,26+/m0/s1. The van der Waals surface area contributed by atoms with Crippen LogP contribution >= 0.6 is 0 Å². The number of methoxy groups -OCH3 is 1. The summed E-state index contributed by atoms with van der Waals surface area (Å²) in [5.74, 6) is -2.93. The van der Waals surface area contributed by atoms with Gasteiger partial charge in [-0.2, -0.15) is 0 Å². The summed E-state index contributed by atoms with van der Waals surface area (Å²) in [6, 6.07) is 1.64. The van der Waals surface area contributed by atoms with Crippen LogP contribution in [-0.2, 0) is 23.9 Å². The molecule has 3 amide bonds. The maximum absolute atomic E-state index is 14.8. The number of carbonyl (C=O) groups excluding carboxylic acids is 4. The zero-order valence-corrected chi connectivity index (χ0v) is 22.4. The fraction of sp³-hybridized carbons (Fsp3) is 0.630. The normalized spacial score (nSPS) is 27.2. The Morgan fingerprint density at radius 3 is 2.63 bits per heavy atom. The second kappa shape index (κ2) is 10.9. The van der Waals surface area contributed by atoms with E-state index >= 15 is 0 Å². The molecule has 3 unspecified atom stereocenters. The summed E-state index contributed by atoms with van der Waals surface area (Å²) in [6.45, 7) is 7.48. The third-order valence-electron chi connectivity index (χ3n) is 7.55. The molecule has 4 rings (SSSR count). The van der Waals surface area contributed by atoms with Gasteiger partial charge in [-0.25, -0.2) is 4.39 Å². The van der Waals surface area contributed by atoms with Crippen molar-refractivity contribution >= 4 is 23.7 Å². The van der Waals surface area contributed by atoms with Crippen molar-refractivity contribution in [2.45, 2.75) is 83.8 Å². The van der Waals surface area contributed by atoms with E-state index in [-0.39, 0.29) is 35.6 Å². The number of carbonyl (C=O) groups is 4. The van der Waals surface area contributed by atoms with Crippen molar-refractivity contribution in [3.63, 3.8) is 0 Å². The lowest BCUT2D eigenvalue weighted by molar-refractivity contribution is -0.165. The van der Waals surface area contributed by atoms with E-state index < -0.39 is 53.4 Å². The highest BCUT2D eigenvalue weighted by Gasteiger charge is 2.54. The number of esters is 1. The molecule has 0 radical (unpaired) electrons. The summed E-state index contributed by atoms with van der Waals surface area (Å²) in [7, 11) is 1.30. The number of piperidine rings is 1. The van der Waals surface area contributed by atoms with Crippen molar-refractivity contribution in [3.05, 3.63) is 29.6 Å². The van der Waals surface area contributed by atoms with E-state index in [2.05, 4.69) is 10.6 Å². The molecule has 2 N–H and O–H groups in total. The maximum Gasteiger partial charge on any atom is 0.310 e. The monoisotopic (exact) mass is 533 g/mol. The molecule has 0 aromatic heterocycles. The van der Waals surface area contributed by atoms with Gasteiger partial charge < -0.3 is 29.7 Å². The average Bonchev–Trinajstić information content (AvgIpc) is 3.56. The van der Waals surface area contributed by atoms with E-state index in [0.29, 0.717) is 13.0 Å². The molecular weight excluding hydrogens is 497 g/mol. The topological polar surface area (TPSA) is 123 Å². The molecule has 6 atom stereocenters. The van der Waals surface area contributed by atoms with Crippen molar-refractivity contribution in [1.29, 1.82) is 0 Å². The summed E-state index contributed by atoms with van der Waals surface area (Å²) in [5.41, 5.74) is -0.979. The molecule has 10 nitrogen and oxygen atoms in total. The fourth-order valence-electron chi connectivity index (χ4n) is 5.73. The molecule has 38 heavy (non-hydrogen) atoms. The van der Waals surface area contributed by atoms with E-state index in [4.69, 9.17) is 14.2 Å². The Bertz CT molecular complexity index is 1100. The highest BCUT2D eigenvalue weighted by atomic mass is 19.1. The summed E-state index contributed by atoms with van der Waals surface area (Å²) >= 11 is 0. The van der Waals surface area contributed by atoms with Crippen LogP contribution in [0.1, 0.15) is 63.7 Å². The number of hydrogen-bond donors (Lipinski definition) is 2. The highest BCUT2D eigenvalue weighted by molar-refractivity contribution is 5.99. The zero-order valence-electron chi connectivity index (χ0n) is 22.4. The van der Waals surface area contributed by atoms with Crippen molar-refractivity contribution in [2.75, 3.05) is 13.7 Å². The lowest BCUT2D eigenvalue weighted by Crippen LogP contribution is -2.62. The summed E-state index contributed by atoms with van der Waals surface area (Å²) in [5, 5.41) is 5.59. The number of ether oxygens (including phenoxy) is 3. The molecule has 2 bridgehead atoms. The number of likely N-dealkylation sites (tertiary alicyclic amines) is 1. The Kier molecular flexibility index (Phi) is 7.96. The van der Waals surface area contributed by atoms with Crippen molar-refractivity contribution in [1.82, 2.24) is 15.5 Å². The van der Waals surface area contributed by atoms with Crippen LogP contribution in [0.25, 0.3) is 0 Å². The van der Waals surface area contributed by atoms with Crippen LogP contribution in [-0.4, -0.2) is 72.8 Å². The van der Waals surface area contributed by atoms with Gasteiger partial charge in [0.2, 0.25) is 18.1 Å². The van der Waals surface area contributed by atoms with Gasteiger partial charge in [0.05, 0.1) is 19.1 Å². The number of amides is 3. The van der Waals surface area contributed by atoms with Crippen LogP contribution in [0.3, 0.4) is 0 Å². The largest absolute Gasteiger partial charge is 0.494 e. The lowest BCUT2D eigenvalue weighted by atomic mass is 9.84. The first-order valence-corrected chi connectivity index (χ1v) is 13.0. The molecule has 2 heterocycles. The van der Waals surface area contributed by atoms with Crippen LogP contribution in [0.15, 0.2) is 18.2 Å². The molecule has 1 saturated carbocycles. The highest BCUT2D eigenvalue weighted by Crippen LogP contribution is 2.44. The minimum absolute atomic E-state index is 0.0159. The number of nitrogens with one attached hydrogen (secondary N) is 2. The smallest absolute Gasteiger partial charge is 0.310 e. The van der Waals surface area contributed by atoms with E-state index in [0.717, 1.165) is 12.8 Å². The first-order chi connectivity index (χ1) is 18.0. The minimum atomic E-state index is -1.03. The second-order valence-corrected chi connectivity index (χ2v) is 11.1. The molecule has 2 saturated heterocycles. The fourth-order valence-corrected chi connectivity index (χ4v) is 5.73. The number of rotatable bonds is 8. The first kappa shape index (κ1) is 27.8. The minimum Gasteiger partial charge on any atom is -0.494 e. The number of halogens is 1. The molecule has 1 aromatic rings. The van der Waals surface area contributed by atoms with Crippen LogP contribution in [0.2, 0.25) is 0 Å². The van der Waals surface area contributed by atoms with Gasteiger partial charge in [0.15, 0.2) is 11.6 Å². The van der Waals surface area contributed by atoms with E-state index in [9.17, 15) is 23.6 Å². The van der Waals surface area contributed by atoms with E-state index in [1.54, 1.807) is 32.6 Å². The number of nitrogens with zero attached hydrogens (tertiary/aromatic N) is 1. The van der Waals surface area contributed by atoms with Crippen molar-refractivity contribution in [3.8, 4) is 5.75 Å². The molecule has 3 fully saturated rings. The lowest BCUT2D eigenvalue weighted by Gasteiger charge is -2.40. The number of cyclic esters (lactones) is 1. The van der Waals surface area contributed by atoms with Crippen molar-refractivity contribution < 1.29 is 37.8 Å². The maximum atomic E-state index is 14.8. The van der Waals surface area contributed by atoms with Gasteiger partial charge in [-0.1, -0.05) is 26.8 Å². The van der Waals surface area contributed by atoms with Gasteiger partial charge in [-0.05, 0) is 49.7 Å². The third kappa shape index (κ3) is 5.34. The Hall–Kier alpha value is -3.21. The van der Waals surface area contributed by atoms with Gasteiger partial charge in [-0.15, -0.1) is 0 Å². The molecule has 1 aromatic carbocycles. The second-order valence-electron chi connectivity index (χ2n) is 11.1. The predicted octanol–water partition coefficient (Wildman–Crippen LogP) is 2.15. The number of hydrogen-bond acceptors (Lipinski definition) is 7. The summed E-state index contributed by atoms with van der Waals surface area (Å²) in [6.07, 6.45) is 1.33. The Balaban J connectivity index is 1.56. The van der Waals surface area contributed by atoms with Crippen LogP contribution in [0, 0.1) is 17.2 Å². The van der Waals surface area contributed by atoms with Gasteiger partial charge in [0, 0.05) is 12.6 Å². The SMILES string of the molecule is CCO[C@@H]1OC(=O)CC1NC(=O)C1[C@H]2CCC(C2)N1C(=O)[C@@H](NC(=O)c1cccc(OC)c1F)C(C)(C)C. The molecule has 3 aliphatic rings. The van der Waals surface area contributed by atoms with Gasteiger partial charge in [0.1, 0.15) is 18.1 Å². The third-order valence-corrected chi connectivity index (χ3v) is 7.55. The molecular formula is C27H36FN3O7. The summed E-state index contributed by atoms with van der Waals surface area (Å²) in [4.78, 5) is 54.1. The van der Waals surface area contributed by atoms with Crippen molar-refractivity contribution in [2.24, 2.45) is 11.3 Å². The quantitative estimate of drug-likeness (QED) is 0.491. The number of benzene rings is 1. The molecule has 11 heteroatoms. The molecule has 0 spiro atoms. The molecule has 208 valence electrons. The molecule has 1 aliphatic carbocycles. The first-order valence-electron chi connectivity index (χ1n) is 13.0. The van der Waals surface area contributed by atoms with Gasteiger partial charge in [0.25, 0.3) is 5.91 Å².